The first-order valence-corrected chi connectivity index (χ1v) is 24.6. The maximum absolute atomic E-state index is 11.1. The van der Waals surface area contributed by atoms with Gasteiger partial charge in [0.15, 0.2) is 0 Å². The number of rotatable bonds is 1. The van der Waals surface area contributed by atoms with Crippen LogP contribution in [0.2, 0.25) is 0 Å². The predicted octanol–water partition coefficient (Wildman–Crippen LogP) is 17.1. The topological polar surface area (TPSA) is 29.5 Å². The minimum absolute atomic E-state index is 0.389. The molecule has 5 aliphatic carbocycles. The Morgan fingerprint density at radius 1 is 0.258 bits per heavy atom. The van der Waals surface area contributed by atoms with E-state index >= 15 is 0 Å². The van der Waals surface area contributed by atoms with Crippen LogP contribution >= 0.6 is 0 Å². The molecule has 0 saturated heterocycles. The van der Waals surface area contributed by atoms with Crippen molar-refractivity contribution < 1.29 is 10.1 Å². The lowest BCUT2D eigenvalue weighted by Crippen LogP contribution is -2.54. The van der Waals surface area contributed by atoms with Crippen LogP contribution < -0.4 is 0 Å². The molecule has 0 saturated carbocycles. The Balaban J connectivity index is 1.26. The molecule has 1 atom stereocenters. The molecule has 0 aliphatic heterocycles. The van der Waals surface area contributed by atoms with Gasteiger partial charge in [0.05, 0.1) is 5.41 Å². The van der Waals surface area contributed by atoms with Gasteiger partial charge in [-0.05, 0) is 320 Å². The fraction of sp³-hybridized carbons (Fsp3) is 0.0625. The van der Waals surface area contributed by atoms with E-state index in [0.29, 0.717) is 0 Å². The van der Waals surface area contributed by atoms with Crippen molar-refractivity contribution in [3.8, 4) is 0 Å². The molecular formula is C64H6O2. The lowest BCUT2D eigenvalue weighted by Gasteiger charge is -2.55. The molecule has 274 valence electrons. The van der Waals surface area contributed by atoms with Gasteiger partial charge < -0.3 is 0 Å². The zero-order valence-electron chi connectivity index (χ0n) is 33.3. The second-order valence-corrected chi connectivity index (χ2v) is 24.7. The first-order chi connectivity index (χ1) is 32.9. The Kier molecular flexibility index (Phi) is 1.90. The zero-order chi connectivity index (χ0) is 38.9. The van der Waals surface area contributed by atoms with E-state index in [1.54, 1.807) is 313 Å². The molecule has 0 fully saturated rings. The molecule has 0 radical (unpaired) electrons. The average Bonchev–Trinajstić information content (AvgIpc) is 4.19. The Labute approximate surface area is 357 Å². The highest BCUT2D eigenvalue weighted by Crippen LogP contribution is 2.85. The number of hydrogen-bond donors (Lipinski definition) is 1. The molecule has 66 heavy (non-hydrogen) atoms. The fourth-order valence-corrected chi connectivity index (χ4v) is 24.8. The number of hydrogen-bond acceptors (Lipinski definition) is 2. The van der Waals surface area contributed by atoms with Crippen LogP contribution in [0.3, 0.4) is 0 Å². The summed E-state index contributed by atoms with van der Waals surface area (Å²) in [6, 6.07) is 0. The van der Waals surface area contributed by atoms with Gasteiger partial charge in [0.1, 0.15) is 6.10 Å². The Morgan fingerprint density at radius 2 is 0.424 bits per heavy atom. The first-order valence-electron chi connectivity index (χ1n) is 24.6. The van der Waals surface area contributed by atoms with Crippen LogP contribution in [0.25, 0.3) is 291 Å². The van der Waals surface area contributed by atoms with Crippen molar-refractivity contribution in [2.75, 3.05) is 0 Å². The summed E-state index contributed by atoms with van der Waals surface area (Å²) in [6.45, 7) is 0. The van der Waals surface area contributed by atoms with Gasteiger partial charge in [0.2, 0.25) is 0 Å². The molecular weight excluding hydrogens is 801 g/mol. The third-order valence-corrected chi connectivity index (χ3v) is 24.8. The van der Waals surface area contributed by atoms with Crippen molar-refractivity contribution in [3.63, 3.8) is 0 Å². The predicted molar refractivity (Wildman–Crippen MR) is 275 cm³/mol. The van der Waals surface area contributed by atoms with E-state index in [9.17, 15) is 5.26 Å². The van der Waals surface area contributed by atoms with Crippen molar-refractivity contribution in [1.29, 1.82) is 0 Å². The molecule has 2 nitrogen and oxygen atoms in total. The SMILES string of the molecule is OOC1C=CC23c4c5c6c7c8c9c(c%10c%11c2c2c4c4c%12c5c5c6c6c8c8c%13c9c9c%10c%10c%11c%11c2c2c4c4c%12c%12c5c5c6c8c6c8c%13c9c9c%10c%10c%11c2c2c4c4c%12c5c6c5c8c9c%10c2c45)C73C1. The Hall–Kier alpha value is -7.88. The number of benzene rings is 18. The Morgan fingerprint density at radius 3 is 0.606 bits per heavy atom. The van der Waals surface area contributed by atoms with Crippen molar-refractivity contribution in [3.05, 3.63) is 34.4 Å². The second kappa shape index (κ2) is 5.25. The molecule has 2 heteroatoms. The summed E-state index contributed by atoms with van der Waals surface area (Å²) in [5.74, 6) is 0. The van der Waals surface area contributed by atoms with Crippen molar-refractivity contribution in [2.45, 2.75) is 23.4 Å². The van der Waals surface area contributed by atoms with E-state index in [1.165, 1.54) is 0 Å². The molecule has 0 aromatic heterocycles. The molecule has 28 aromatic rings. The van der Waals surface area contributed by atoms with E-state index in [1.807, 2.05) is 0 Å². The molecule has 1 unspecified atom stereocenters. The lowest BCUT2D eigenvalue weighted by atomic mass is 9.45. The summed E-state index contributed by atoms with van der Waals surface area (Å²) in [5, 5.41) is 98.6. The minimum atomic E-state index is -0.416. The van der Waals surface area contributed by atoms with Gasteiger partial charge in [-0.25, -0.2) is 4.89 Å². The van der Waals surface area contributed by atoms with Gasteiger partial charge in [-0.1, -0.05) is 12.2 Å². The van der Waals surface area contributed by atoms with E-state index < -0.39 is 10.8 Å². The molecule has 33 rings (SSSR count). The molecule has 0 amide bonds. The van der Waals surface area contributed by atoms with E-state index in [4.69, 9.17) is 4.89 Å². The number of allylic oxidation sites excluding steroid dienone is 1. The zero-order valence-corrected chi connectivity index (χ0v) is 33.3. The van der Waals surface area contributed by atoms with E-state index in [2.05, 4.69) is 12.2 Å². The first kappa shape index (κ1) is 23.9. The molecule has 1 N–H and O–H groups in total. The highest BCUT2D eigenvalue weighted by molar-refractivity contribution is 6.82. The van der Waals surface area contributed by atoms with Crippen molar-refractivity contribution in [1.82, 2.24) is 0 Å². The van der Waals surface area contributed by atoms with Gasteiger partial charge in [0.25, 0.3) is 0 Å². The summed E-state index contributed by atoms with van der Waals surface area (Å²) in [4.78, 5) is 5.75. The smallest absolute Gasteiger partial charge is 0.112 e. The third kappa shape index (κ3) is 1.19. The second-order valence-electron chi connectivity index (χ2n) is 24.7. The van der Waals surface area contributed by atoms with Crippen LogP contribution in [0.4, 0.5) is 0 Å². The largest absolute Gasteiger partial charge is 0.251 e. The van der Waals surface area contributed by atoms with Gasteiger partial charge in [-0.15, -0.1) is 0 Å². The van der Waals surface area contributed by atoms with Gasteiger partial charge in [0, 0.05) is 5.41 Å². The van der Waals surface area contributed by atoms with E-state index in [0.717, 1.165) is 6.42 Å². The molecule has 28 aromatic carbocycles. The normalized spacial score (nSPS) is 24.3. The van der Waals surface area contributed by atoms with Crippen LogP contribution in [-0.2, 0) is 15.7 Å². The molecule has 2 spiro atoms. The fourth-order valence-electron chi connectivity index (χ4n) is 24.8. The van der Waals surface area contributed by atoms with Crippen LogP contribution in [0, 0.1) is 0 Å². The van der Waals surface area contributed by atoms with Gasteiger partial charge in [-0.3, -0.25) is 5.26 Å². The lowest BCUT2D eigenvalue weighted by molar-refractivity contribution is -0.270. The highest BCUT2D eigenvalue weighted by Gasteiger charge is 2.70. The minimum Gasteiger partial charge on any atom is -0.251 e. The Bertz CT molecular complexity index is 6880. The van der Waals surface area contributed by atoms with Crippen LogP contribution in [0.5, 0.6) is 0 Å². The van der Waals surface area contributed by atoms with E-state index in [-0.39, 0.29) is 6.10 Å². The standard InChI is InChI=1S/C64H6O2/c65-66-4-1-2-63-59-51-43-33-23-15-7-5-6-9-13-11(7)19-27-21(13)31-25-17(9)18-10(6)14-12-8(5)16(15)24-30-20(12)28-22(14)32-26(18)36-35(25)45-39(31)49-41(27)47(37(43)29(19)23)53(59)55(49)61-57(45)58-46(36)40(32)50-42(28)48-38(30)44(34(24)33)52(51)60(63)54(48)56(50)62(58)64(61,63)3-4/h1-2,4,65H,3H2. The van der Waals surface area contributed by atoms with Crippen molar-refractivity contribution in [2.24, 2.45) is 0 Å². The van der Waals surface area contributed by atoms with Gasteiger partial charge >= 0.3 is 0 Å². The maximum atomic E-state index is 11.1. The van der Waals surface area contributed by atoms with Crippen LogP contribution in [0.15, 0.2) is 12.2 Å². The maximum Gasteiger partial charge on any atom is 0.112 e. The summed E-state index contributed by atoms with van der Waals surface area (Å²) in [5.41, 5.74) is 5.72. The highest BCUT2D eigenvalue weighted by atomic mass is 17.1. The third-order valence-electron chi connectivity index (χ3n) is 24.8. The summed E-state index contributed by atoms with van der Waals surface area (Å²) in [7, 11) is 0. The van der Waals surface area contributed by atoms with Crippen molar-refractivity contribution >= 4 is 291 Å². The molecule has 5 aliphatic rings. The monoisotopic (exact) mass is 806 g/mol. The molecule has 0 bridgehead atoms. The summed E-state index contributed by atoms with van der Waals surface area (Å²) < 4.78 is 0. The van der Waals surface area contributed by atoms with Crippen LogP contribution in [0.1, 0.15) is 28.7 Å². The molecule has 0 heterocycles. The summed E-state index contributed by atoms with van der Waals surface area (Å²) in [6.07, 6.45) is 5.39. The average molecular weight is 807 g/mol. The van der Waals surface area contributed by atoms with Gasteiger partial charge in [-0.2, -0.15) is 0 Å². The summed E-state index contributed by atoms with van der Waals surface area (Å²) >= 11 is 0. The van der Waals surface area contributed by atoms with Crippen LogP contribution in [-0.4, -0.2) is 11.4 Å². The quantitative estimate of drug-likeness (QED) is 0.0775.